The minimum absolute atomic E-state index is 0.191. The van der Waals surface area contributed by atoms with Crippen LogP contribution in [-0.2, 0) is 0 Å². The first-order valence-electron chi connectivity index (χ1n) is 5.01. The van der Waals surface area contributed by atoms with E-state index in [2.05, 4.69) is 15.9 Å². The Hall–Kier alpha value is -0.340. The number of halogens is 2. The fourth-order valence-corrected chi connectivity index (χ4v) is 2.00. The third-order valence-electron chi connectivity index (χ3n) is 2.36. The van der Waals surface area contributed by atoms with Gasteiger partial charge in [0.1, 0.15) is 0 Å². The lowest BCUT2D eigenvalue weighted by atomic mass is 10.0. The Morgan fingerprint density at radius 3 is 2.80 bits per heavy atom. The molecule has 0 saturated carbocycles. The zero-order chi connectivity index (χ0) is 11.3. The van der Waals surface area contributed by atoms with Crippen LogP contribution in [0, 0.1) is 6.92 Å². The van der Waals surface area contributed by atoms with Crippen molar-refractivity contribution in [3.63, 3.8) is 0 Å². The molecular weight excluding hydrogens is 275 g/mol. The highest BCUT2D eigenvalue weighted by Gasteiger charge is 2.09. The van der Waals surface area contributed by atoms with Crippen molar-refractivity contribution < 1.29 is 4.79 Å². The Balaban J connectivity index is 2.69. The molecule has 1 aromatic rings. The van der Waals surface area contributed by atoms with Gasteiger partial charge in [-0.15, -0.1) is 0 Å². The standard InChI is InChI=1S/C12H14BrClO/c1-9-10(5-4-6-11(9)14)12(15)7-2-3-8-13/h4-6H,2-3,7-8H2,1H3. The van der Waals surface area contributed by atoms with Gasteiger partial charge in [0.15, 0.2) is 5.78 Å². The van der Waals surface area contributed by atoms with E-state index in [9.17, 15) is 4.79 Å². The van der Waals surface area contributed by atoms with E-state index in [1.54, 1.807) is 0 Å². The van der Waals surface area contributed by atoms with Crippen molar-refractivity contribution >= 4 is 33.3 Å². The number of carbonyl (C=O) groups is 1. The summed E-state index contributed by atoms with van der Waals surface area (Å²) in [4.78, 5) is 11.8. The third-order valence-corrected chi connectivity index (χ3v) is 3.33. The number of carbonyl (C=O) groups excluding carboxylic acids is 1. The Labute approximate surface area is 104 Å². The van der Waals surface area contributed by atoms with Crippen molar-refractivity contribution in [1.29, 1.82) is 0 Å². The van der Waals surface area contributed by atoms with Crippen LogP contribution in [0.1, 0.15) is 35.2 Å². The van der Waals surface area contributed by atoms with Gasteiger partial charge in [-0.3, -0.25) is 4.79 Å². The fourth-order valence-electron chi connectivity index (χ4n) is 1.42. The second-order valence-corrected chi connectivity index (χ2v) is 4.68. The predicted molar refractivity (Wildman–Crippen MR) is 68.2 cm³/mol. The molecule has 0 N–H and O–H groups in total. The minimum Gasteiger partial charge on any atom is -0.294 e. The summed E-state index contributed by atoms with van der Waals surface area (Å²) in [6.45, 7) is 1.89. The maximum absolute atomic E-state index is 11.8. The highest BCUT2D eigenvalue weighted by Crippen LogP contribution is 2.20. The average molecular weight is 290 g/mol. The summed E-state index contributed by atoms with van der Waals surface area (Å²) < 4.78 is 0. The van der Waals surface area contributed by atoms with Crippen molar-refractivity contribution in [3.05, 3.63) is 34.3 Å². The lowest BCUT2D eigenvalue weighted by Gasteiger charge is -2.05. The van der Waals surface area contributed by atoms with E-state index in [4.69, 9.17) is 11.6 Å². The van der Waals surface area contributed by atoms with Crippen LogP contribution < -0.4 is 0 Å². The van der Waals surface area contributed by atoms with Crippen LogP contribution in [0.4, 0.5) is 0 Å². The van der Waals surface area contributed by atoms with Crippen molar-refractivity contribution in [2.24, 2.45) is 0 Å². The summed E-state index contributed by atoms with van der Waals surface area (Å²) in [6, 6.07) is 5.48. The summed E-state index contributed by atoms with van der Waals surface area (Å²) in [5, 5.41) is 1.62. The van der Waals surface area contributed by atoms with Crippen molar-refractivity contribution in [1.82, 2.24) is 0 Å². The molecule has 0 aliphatic carbocycles. The van der Waals surface area contributed by atoms with Gasteiger partial charge in [0, 0.05) is 22.3 Å². The molecular formula is C12H14BrClO. The van der Waals surface area contributed by atoms with Crippen LogP contribution in [0.3, 0.4) is 0 Å². The van der Waals surface area contributed by atoms with E-state index in [1.807, 2.05) is 25.1 Å². The second kappa shape index (κ2) is 6.29. The van der Waals surface area contributed by atoms with E-state index in [-0.39, 0.29) is 5.78 Å². The predicted octanol–water partition coefficient (Wildman–Crippen LogP) is 4.40. The first-order chi connectivity index (χ1) is 7.16. The van der Waals surface area contributed by atoms with E-state index < -0.39 is 0 Å². The van der Waals surface area contributed by atoms with Crippen LogP contribution in [-0.4, -0.2) is 11.1 Å². The van der Waals surface area contributed by atoms with Crippen LogP contribution in [0.2, 0.25) is 5.02 Å². The van der Waals surface area contributed by atoms with Crippen LogP contribution in [0.25, 0.3) is 0 Å². The SMILES string of the molecule is Cc1c(Cl)cccc1C(=O)CCCCBr. The summed E-state index contributed by atoms with van der Waals surface area (Å²) in [7, 11) is 0. The largest absolute Gasteiger partial charge is 0.294 e. The Morgan fingerprint density at radius 2 is 2.13 bits per heavy atom. The van der Waals surface area contributed by atoms with Crippen LogP contribution >= 0.6 is 27.5 Å². The first-order valence-corrected chi connectivity index (χ1v) is 6.51. The van der Waals surface area contributed by atoms with Gasteiger partial charge in [0.2, 0.25) is 0 Å². The molecule has 0 spiro atoms. The Kier molecular flexibility index (Phi) is 5.34. The zero-order valence-corrected chi connectivity index (χ0v) is 11.1. The summed E-state index contributed by atoms with van der Waals surface area (Å²) >= 11 is 9.31. The Morgan fingerprint density at radius 1 is 1.40 bits per heavy atom. The molecule has 0 saturated heterocycles. The zero-order valence-electron chi connectivity index (χ0n) is 8.72. The lowest BCUT2D eigenvalue weighted by molar-refractivity contribution is 0.0979. The molecule has 0 atom stereocenters. The summed E-state index contributed by atoms with van der Waals surface area (Å²) in [5.74, 6) is 0.191. The summed E-state index contributed by atoms with van der Waals surface area (Å²) in [5.41, 5.74) is 1.65. The van der Waals surface area contributed by atoms with Crippen molar-refractivity contribution in [2.45, 2.75) is 26.2 Å². The Bertz CT molecular complexity index is 349. The minimum atomic E-state index is 0.191. The molecule has 0 aliphatic heterocycles. The smallest absolute Gasteiger partial charge is 0.163 e. The molecule has 1 rings (SSSR count). The van der Waals surface area contributed by atoms with E-state index in [0.29, 0.717) is 11.4 Å². The van der Waals surface area contributed by atoms with Gasteiger partial charge in [0.25, 0.3) is 0 Å². The highest BCUT2D eigenvalue weighted by atomic mass is 79.9. The van der Waals surface area contributed by atoms with Gasteiger partial charge in [-0.25, -0.2) is 0 Å². The molecule has 1 nitrogen and oxygen atoms in total. The fraction of sp³-hybridized carbons (Fsp3) is 0.417. The monoisotopic (exact) mass is 288 g/mol. The molecule has 3 heteroatoms. The van der Waals surface area contributed by atoms with Gasteiger partial charge in [-0.2, -0.15) is 0 Å². The molecule has 0 aliphatic rings. The van der Waals surface area contributed by atoms with E-state index >= 15 is 0 Å². The molecule has 0 amide bonds. The van der Waals surface area contributed by atoms with Gasteiger partial charge in [-0.05, 0) is 31.4 Å². The van der Waals surface area contributed by atoms with E-state index in [1.165, 1.54) is 0 Å². The van der Waals surface area contributed by atoms with Crippen LogP contribution in [0.15, 0.2) is 18.2 Å². The molecule has 0 fully saturated rings. The number of hydrogen-bond donors (Lipinski definition) is 0. The number of hydrogen-bond acceptors (Lipinski definition) is 1. The molecule has 0 unspecified atom stereocenters. The highest BCUT2D eigenvalue weighted by molar-refractivity contribution is 9.09. The molecule has 82 valence electrons. The number of ketones is 1. The van der Waals surface area contributed by atoms with E-state index in [0.717, 1.165) is 29.3 Å². The maximum Gasteiger partial charge on any atom is 0.163 e. The molecule has 0 bridgehead atoms. The maximum atomic E-state index is 11.8. The number of rotatable bonds is 5. The first kappa shape index (κ1) is 12.7. The molecule has 15 heavy (non-hydrogen) atoms. The lowest BCUT2D eigenvalue weighted by Crippen LogP contribution is -2.02. The topological polar surface area (TPSA) is 17.1 Å². The number of Topliss-reactive ketones (excluding diaryl/α,β-unsaturated/α-hetero) is 1. The average Bonchev–Trinajstić information content (AvgIpc) is 2.22. The third kappa shape index (κ3) is 3.62. The summed E-state index contributed by atoms with van der Waals surface area (Å²) in [6.07, 6.45) is 2.56. The second-order valence-electron chi connectivity index (χ2n) is 3.48. The van der Waals surface area contributed by atoms with Crippen LogP contribution in [0.5, 0.6) is 0 Å². The normalized spacial score (nSPS) is 10.3. The molecule has 1 aromatic carbocycles. The number of benzene rings is 1. The molecule has 0 radical (unpaired) electrons. The molecule has 0 aromatic heterocycles. The van der Waals surface area contributed by atoms with Crippen molar-refractivity contribution in [3.8, 4) is 0 Å². The van der Waals surface area contributed by atoms with Gasteiger partial charge in [-0.1, -0.05) is 39.7 Å². The van der Waals surface area contributed by atoms with Gasteiger partial charge >= 0.3 is 0 Å². The molecule has 0 heterocycles. The number of unbranched alkanes of at least 4 members (excludes halogenated alkanes) is 1. The quantitative estimate of drug-likeness (QED) is 0.446. The van der Waals surface area contributed by atoms with Gasteiger partial charge < -0.3 is 0 Å². The van der Waals surface area contributed by atoms with Gasteiger partial charge in [0.05, 0.1) is 0 Å². The number of alkyl halides is 1. The van der Waals surface area contributed by atoms with Crippen molar-refractivity contribution in [2.75, 3.05) is 5.33 Å².